The van der Waals surface area contributed by atoms with Crippen LogP contribution >= 0.6 is 15.9 Å². The molecule has 0 saturated carbocycles. The summed E-state index contributed by atoms with van der Waals surface area (Å²) in [4.78, 5) is 0. The molecule has 1 aliphatic heterocycles. The van der Waals surface area contributed by atoms with E-state index in [-0.39, 0.29) is 6.79 Å². The van der Waals surface area contributed by atoms with E-state index in [1.54, 1.807) is 0 Å². The first-order valence-electron chi connectivity index (χ1n) is 5.99. The molecule has 0 aliphatic carbocycles. The number of alkyl halides is 1. The molecule has 2 aromatic carbocycles. The Labute approximate surface area is 120 Å². The molecule has 98 valence electrons. The van der Waals surface area contributed by atoms with Crippen molar-refractivity contribution in [3.8, 4) is 23.0 Å². The summed E-state index contributed by atoms with van der Waals surface area (Å²) in [5, 5.41) is 0.850. The first-order chi connectivity index (χ1) is 9.26. The second-order valence-corrected chi connectivity index (χ2v) is 4.90. The number of rotatable bonds is 3. The minimum atomic E-state index is 0.276. The van der Waals surface area contributed by atoms with Crippen molar-refractivity contribution in [2.24, 2.45) is 0 Å². The van der Waals surface area contributed by atoms with Crippen LogP contribution in [0.15, 0.2) is 36.4 Å². The van der Waals surface area contributed by atoms with Gasteiger partial charge in [0.15, 0.2) is 11.5 Å². The van der Waals surface area contributed by atoms with Crippen LogP contribution in [0.1, 0.15) is 11.1 Å². The summed E-state index contributed by atoms with van der Waals surface area (Å²) >= 11 is 3.46. The molecule has 4 heteroatoms. The molecule has 3 rings (SSSR count). The van der Waals surface area contributed by atoms with Gasteiger partial charge in [0.25, 0.3) is 0 Å². The average Bonchev–Trinajstić information content (AvgIpc) is 2.86. The minimum Gasteiger partial charge on any atom is -0.457 e. The predicted octanol–water partition coefficient (Wildman–Crippen LogP) is 4.41. The van der Waals surface area contributed by atoms with Crippen LogP contribution in [0.2, 0.25) is 0 Å². The zero-order chi connectivity index (χ0) is 13.2. The van der Waals surface area contributed by atoms with Crippen molar-refractivity contribution in [2.75, 3.05) is 6.79 Å². The zero-order valence-corrected chi connectivity index (χ0v) is 12.1. The van der Waals surface area contributed by atoms with E-state index in [9.17, 15) is 0 Å². The quantitative estimate of drug-likeness (QED) is 0.784. The lowest BCUT2D eigenvalue weighted by molar-refractivity contribution is 0.174. The van der Waals surface area contributed by atoms with Crippen LogP contribution in [0, 0.1) is 6.92 Å². The summed E-state index contributed by atoms with van der Waals surface area (Å²) in [5.74, 6) is 3.06. The number of ether oxygens (including phenoxy) is 3. The normalized spacial score (nSPS) is 12.5. The minimum absolute atomic E-state index is 0.276. The summed E-state index contributed by atoms with van der Waals surface area (Å²) < 4.78 is 16.4. The van der Waals surface area contributed by atoms with Crippen molar-refractivity contribution >= 4 is 15.9 Å². The standard InChI is InChI=1S/C15H13BrO3/c1-10-6-12(3-2-11(10)8-16)19-13-4-5-14-15(7-13)18-9-17-14/h2-7H,8-9H2,1H3. The molecule has 0 spiro atoms. The highest BCUT2D eigenvalue weighted by atomic mass is 79.9. The van der Waals surface area contributed by atoms with Crippen LogP contribution in [0.3, 0.4) is 0 Å². The third-order valence-electron chi connectivity index (χ3n) is 3.04. The van der Waals surface area contributed by atoms with Crippen molar-refractivity contribution in [3.63, 3.8) is 0 Å². The van der Waals surface area contributed by atoms with E-state index in [4.69, 9.17) is 14.2 Å². The molecule has 0 saturated heterocycles. The Kier molecular flexibility index (Phi) is 3.34. The van der Waals surface area contributed by atoms with E-state index < -0.39 is 0 Å². The number of fused-ring (bicyclic) bond motifs is 1. The van der Waals surface area contributed by atoms with Gasteiger partial charge in [-0.1, -0.05) is 22.0 Å². The van der Waals surface area contributed by atoms with E-state index in [0.717, 1.165) is 28.3 Å². The number of halogens is 1. The predicted molar refractivity (Wildman–Crippen MR) is 76.4 cm³/mol. The molecular formula is C15H13BrO3. The smallest absolute Gasteiger partial charge is 0.231 e. The summed E-state index contributed by atoms with van der Waals surface area (Å²) in [6.45, 7) is 2.35. The van der Waals surface area contributed by atoms with Crippen LogP contribution in [-0.4, -0.2) is 6.79 Å². The van der Waals surface area contributed by atoms with Crippen molar-refractivity contribution in [1.29, 1.82) is 0 Å². The Hall–Kier alpha value is -1.68. The maximum atomic E-state index is 5.83. The topological polar surface area (TPSA) is 27.7 Å². The van der Waals surface area contributed by atoms with E-state index >= 15 is 0 Å². The molecule has 0 bridgehead atoms. The Balaban J connectivity index is 1.83. The summed E-state index contributed by atoms with van der Waals surface area (Å²) in [6, 6.07) is 11.6. The maximum absolute atomic E-state index is 5.83. The molecule has 0 atom stereocenters. The molecule has 0 N–H and O–H groups in total. The van der Waals surface area contributed by atoms with Crippen LogP contribution in [-0.2, 0) is 5.33 Å². The maximum Gasteiger partial charge on any atom is 0.231 e. The van der Waals surface area contributed by atoms with E-state index in [2.05, 4.69) is 28.9 Å². The van der Waals surface area contributed by atoms with Gasteiger partial charge in [0.05, 0.1) is 0 Å². The highest BCUT2D eigenvalue weighted by Crippen LogP contribution is 2.36. The monoisotopic (exact) mass is 320 g/mol. The number of aryl methyl sites for hydroxylation is 1. The molecule has 1 heterocycles. The van der Waals surface area contributed by atoms with Gasteiger partial charge in [-0.25, -0.2) is 0 Å². The van der Waals surface area contributed by atoms with E-state index in [0.29, 0.717) is 0 Å². The first kappa shape index (κ1) is 12.4. The van der Waals surface area contributed by atoms with Gasteiger partial charge in [-0.15, -0.1) is 0 Å². The molecule has 2 aromatic rings. The summed E-state index contributed by atoms with van der Waals surface area (Å²) in [5.41, 5.74) is 2.47. The van der Waals surface area contributed by atoms with Crippen molar-refractivity contribution in [1.82, 2.24) is 0 Å². The SMILES string of the molecule is Cc1cc(Oc2ccc3c(c2)OCO3)ccc1CBr. The van der Waals surface area contributed by atoms with Crippen LogP contribution in [0.4, 0.5) is 0 Å². The van der Waals surface area contributed by atoms with Crippen LogP contribution in [0.5, 0.6) is 23.0 Å². The number of hydrogen-bond acceptors (Lipinski definition) is 3. The van der Waals surface area contributed by atoms with E-state index in [1.807, 2.05) is 30.3 Å². The van der Waals surface area contributed by atoms with Crippen molar-refractivity contribution in [3.05, 3.63) is 47.5 Å². The van der Waals surface area contributed by atoms with Gasteiger partial charge in [-0.2, -0.15) is 0 Å². The molecular weight excluding hydrogens is 308 g/mol. The lowest BCUT2D eigenvalue weighted by Crippen LogP contribution is -1.92. The number of benzene rings is 2. The van der Waals surface area contributed by atoms with Crippen LogP contribution < -0.4 is 14.2 Å². The van der Waals surface area contributed by atoms with E-state index in [1.165, 1.54) is 11.1 Å². The highest BCUT2D eigenvalue weighted by Gasteiger charge is 2.14. The van der Waals surface area contributed by atoms with Gasteiger partial charge in [-0.05, 0) is 42.3 Å². The Morgan fingerprint density at radius 3 is 2.58 bits per heavy atom. The van der Waals surface area contributed by atoms with Gasteiger partial charge in [0, 0.05) is 11.4 Å². The molecule has 0 unspecified atom stereocenters. The second kappa shape index (κ2) is 5.13. The lowest BCUT2D eigenvalue weighted by Gasteiger charge is -2.09. The fraction of sp³-hybridized carbons (Fsp3) is 0.200. The first-order valence-corrected chi connectivity index (χ1v) is 7.11. The van der Waals surface area contributed by atoms with Gasteiger partial charge >= 0.3 is 0 Å². The Morgan fingerprint density at radius 1 is 1.05 bits per heavy atom. The molecule has 0 radical (unpaired) electrons. The molecule has 0 fully saturated rings. The molecule has 0 aromatic heterocycles. The zero-order valence-electron chi connectivity index (χ0n) is 10.5. The Bertz CT molecular complexity index is 610. The fourth-order valence-corrected chi connectivity index (χ4v) is 2.59. The third-order valence-corrected chi connectivity index (χ3v) is 3.64. The van der Waals surface area contributed by atoms with Gasteiger partial charge in [-0.3, -0.25) is 0 Å². The summed E-state index contributed by atoms with van der Waals surface area (Å²) in [6.07, 6.45) is 0. The molecule has 1 aliphatic rings. The lowest BCUT2D eigenvalue weighted by atomic mass is 10.1. The highest BCUT2D eigenvalue weighted by molar-refractivity contribution is 9.08. The average molecular weight is 321 g/mol. The van der Waals surface area contributed by atoms with Crippen molar-refractivity contribution in [2.45, 2.75) is 12.3 Å². The number of hydrogen-bond donors (Lipinski definition) is 0. The second-order valence-electron chi connectivity index (χ2n) is 4.34. The van der Waals surface area contributed by atoms with Gasteiger partial charge in [0.1, 0.15) is 11.5 Å². The molecule has 19 heavy (non-hydrogen) atoms. The van der Waals surface area contributed by atoms with Gasteiger partial charge < -0.3 is 14.2 Å². The summed E-state index contributed by atoms with van der Waals surface area (Å²) in [7, 11) is 0. The van der Waals surface area contributed by atoms with Crippen LogP contribution in [0.25, 0.3) is 0 Å². The largest absolute Gasteiger partial charge is 0.457 e. The molecule has 0 amide bonds. The fourth-order valence-electron chi connectivity index (χ4n) is 1.96. The van der Waals surface area contributed by atoms with Crippen molar-refractivity contribution < 1.29 is 14.2 Å². The molecule has 3 nitrogen and oxygen atoms in total. The Morgan fingerprint density at radius 2 is 1.79 bits per heavy atom. The third kappa shape index (κ3) is 2.54. The van der Waals surface area contributed by atoms with Gasteiger partial charge in [0.2, 0.25) is 6.79 Å².